The van der Waals surface area contributed by atoms with Gasteiger partial charge in [-0.05, 0) is 68.4 Å². The predicted molar refractivity (Wildman–Crippen MR) is 239 cm³/mol. The van der Waals surface area contributed by atoms with Gasteiger partial charge in [-0.15, -0.1) is 0 Å². The fraction of sp³-hybridized carbons (Fsp3) is 0.447. The number of carbonyl (C=O) groups excluding carboxylic acids is 8. The Balaban J connectivity index is 1.37. The zero-order chi connectivity index (χ0) is 48.7. The van der Waals surface area contributed by atoms with Crippen LogP contribution in [0.1, 0.15) is 90.4 Å². The standard InChI is InChI=1S/C47H60F2N8O9/c1-29(52-39(60)15-10-7-11-21-56-40(61)18-19-41(56)62)44(64)53-30(2)45(65)54-36(25-38(50)59)46(66)51-20-12-22-57(42(63)28-58)43(47(3,4)5)37-23-32(34-24-33(48)16-17-35(34)49)27-55(37)26-31-13-8-6-9-14-31/h6,8-9,13-14,16-19,23-24,27,29-30,36,43,58H,7,10-12,15,20-22,25-26,28H2,1-5H3,(H2,50,59)(H,51,66)(H,52,60)(H,53,64)(H,54,65)/t29-,30-,36+,43+/m1/s1. The monoisotopic (exact) mass is 918 g/mol. The topological polar surface area (TPSA) is 242 Å². The van der Waals surface area contributed by atoms with E-state index in [0.717, 1.165) is 28.7 Å². The molecule has 0 bridgehead atoms. The lowest BCUT2D eigenvalue weighted by molar-refractivity contribution is -0.140. The van der Waals surface area contributed by atoms with Crippen molar-refractivity contribution in [1.82, 2.24) is 35.6 Å². The molecule has 8 amide bonds. The van der Waals surface area contributed by atoms with Crippen LogP contribution in [0.3, 0.4) is 0 Å². The van der Waals surface area contributed by atoms with E-state index in [1.165, 1.54) is 30.9 Å². The van der Waals surface area contributed by atoms with Crippen LogP contribution < -0.4 is 27.0 Å². The third-order valence-electron chi connectivity index (χ3n) is 10.9. The Morgan fingerprint density at radius 1 is 0.818 bits per heavy atom. The van der Waals surface area contributed by atoms with E-state index in [1.54, 1.807) is 12.3 Å². The van der Waals surface area contributed by atoms with E-state index in [4.69, 9.17) is 5.73 Å². The summed E-state index contributed by atoms with van der Waals surface area (Å²) in [6.07, 6.45) is 5.22. The number of primary amides is 1. The second-order valence-corrected chi connectivity index (χ2v) is 17.3. The molecule has 0 radical (unpaired) electrons. The van der Waals surface area contributed by atoms with Crippen LogP contribution in [0.2, 0.25) is 0 Å². The Kier molecular flexibility index (Phi) is 18.8. The molecule has 356 valence electrons. The summed E-state index contributed by atoms with van der Waals surface area (Å²) >= 11 is 0. The normalized spacial score (nSPS) is 14.3. The van der Waals surface area contributed by atoms with Crippen molar-refractivity contribution in [2.75, 3.05) is 26.2 Å². The Bertz CT molecular complexity index is 2260. The first-order valence-electron chi connectivity index (χ1n) is 21.8. The average molecular weight is 919 g/mol. The van der Waals surface area contributed by atoms with Crippen LogP contribution in [0, 0.1) is 17.0 Å². The highest BCUT2D eigenvalue weighted by Gasteiger charge is 2.37. The maximum Gasteiger partial charge on any atom is 0.253 e. The number of hydrogen-bond acceptors (Lipinski definition) is 9. The van der Waals surface area contributed by atoms with Gasteiger partial charge in [-0.1, -0.05) is 57.5 Å². The van der Waals surface area contributed by atoms with Gasteiger partial charge in [0.15, 0.2) is 0 Å². The molecule has 4 atom stereocenters. The molecule has 1 aliphatic heterocycles. The Hall–Kier alpha value is -6.76. The second-order valence-electron chi connectivity index (χ2n) is 17.3. The number of nitrogens with zero attached hydrogens (tertiary/aromatic N) is 3. The minimum absolute atomic E-state index is 0.00735. The molecule has 17 nitrogen and oxygen atoms in total. The Labute approximate surface area is 382 Å². The molecule has 66 heavy (non-hydrogen) atoms. The van der Waals surface area contributed by atoms with Gasteiger partial charge in [0.2, 0.25) is 35.4 Å². The number of unbranched alkanes of at least 4 members (excludes halogenated alkanes) is 2. The van der Waals surface area contributed by atoms with E-state index >= 15 is 4.39 Å². The zero-order valence-electron chi connectivity index (χ0n) is 37.9. The van der Waals surface area contributed by atoms with E-state index in [2.05, 4.69) is 21.3 Å². The number of halogens is 2. The summed E-state index contributed by atoms with van der Waals surface area (Å²) in [6.45, 7) is 8.11. The van der Waals surface area contributed by atoms with Crippen molar-refractivity contribution in [3.63, 3.8) is 0 Å². The van der Waals surface area contributed by atoms with Gasteiger partial charge >= 0.3 is 0 Å². The lowest BCUT2D eigenvalue weighted by atomic mass is 9.83. The van der Waals surface area contributed by atoms with Gasteiger partial charge in [-0.25, -0.2) is 8.78 Å². The summed E-state index contributed by atoms with van der Waals surface area (Å²) in [5.74, 6) is -6.27. The number of nitrogens with two attached hydrogens (primary N) is 1. The number of carbonyl (C=O) groups is 8. The first kappa shape index (κ1) is 51.9. The summed E-state index contributed by atoms with van der Waals surface area (Å²) in [5, 5.41) is 20.3. The van der Waals surface area contributed by atoms with E-state index < -0.39 is 89.7 Å². The highest BCUT2D eigenvalue weighted by molar-refractivity contribution is 6.12. The van der Waals surface area contributed by atoms with Crippen molar-refractivity contribution in [3.05, 3.63) is 95.8 Å². The predicted octanol–water partition coefficient (Wildman–Crippen LogP) is 2.75. The molecule has 19 heteroatoms. The molecule has 4 rings (SSSR count). The van der Waals surface area contributed by atoms with E-state index in [1.807, 2.05) is 55.7 Å². The van der Waals surface area contributed by atoms with Gasteiger partial charge in [0.1, 0.15) is 36.4 Å². The number of aromatic nitrogens is 1. The zero-order valence-corrected chi connectivity index (χ0v) is 37.9. The SMILES string of the molecule is C[C@@H](NC(=O)CCCCCN1C(=O)C=CC1=O)C(=O)N[C@H](C)C(=O)N[C@@H](CC(N)=O)C(=O)NCCCN(C(=O)CO)[C@@H](c1cc(-c2cc(F)ccc2F)cn1Cc1ccccc1)C(C)(C)C. The summed E-state index contributed by atoms with van der Waals surface area (Å²) in [7, 11) is 0. The molecule has 1 aromatic heterocycles. The van der Waals surface area contributed by atoms with Gasteiger partial charge < -0.3 is 41.6 Å². The molecule has 7 N–H and O–H groups in total. The molecule has 0 saturated heterocycles. The first-order valence-corrected chi connectivity index (χ1v) is 21.8. The summed E-state index contributed by atoms with van der Waals surface area (Å²) < 4.78 is 31.4. The molecule has 1 aliphatic rings. The number of rotatable bonds is 24. The fourth-order valence-corrected chi connectivity index (χ4v) is 7.56. The maximum atomic E-state index is 15.1. The van der Waals surface area contributed by atoms with Gasteiger partial charge in [-0.3, -0.25) is 43.3 Å². The molecule has 2 aromatic carbocycles. The van der Waals surface area contributed by atoms with Gasteiger partial charge in [0, 0.05) is 67.8 Å². The van der Waals surface area contributed by atoms with Gasteiger partial charge in [0.05, 0.1) is 12.5 Å². The molecule has 2 heterocycles. The number of amides is 8. The molecule has 3 aromatic rings. The molecule has 0 aliphatic carbocycles. The Morgan fingerprint density at radius 2 is 1.47 bits per heavy atom. The van der Waals surface area contributed by atoms with Gasteiger partial charge in [-0.2, -0.15) is 0 Å². The summed E-state index contributed by atoms with van der Waals surface area (Å²) in [4.78, 5) is 103. The molecule has 0 spiro atoms. The minimum Gasteiger partial charge on any atom is -0.387 e. The van der Waals surface area contributed by atoms with Crippen molar-refractivity contribution in [2.24, 2.45) is 11.1 Å². The second kappa shape index (κ2) is 24.0. The molecule has 0 unspecified atom stereocenters. The summed E-state index contributed by atoms with van der Waals surface area (Å²) in [6, 6.07) is 9.85. The number of imide groups is 1. The number of aliphatic hydroxyl groups is 1. The number of hydrogen-bond donors (Lipinski definition) is 6. The lowest BCUT2D eigenvalue weighted by Gasteiger charge is -2.41. The van der Waals surface area contributed by atoms with Crippen molar-refractivity contribution in [1.29, 1.82) is 0 Å². The first-order chi connectivity index (χ1) is 31.2. The van der Waals surface area contributed by atoms with Crippen LogP contribution in [0.5, 0.6) is 0 Å². The number of benzene rings is 2. The third kappa shape index (κ3) is 14.9. The quantitative estimate of drug-likeness (QED) is 0.0571. The number of aliphatic hydroxyl groups excluding tert-OH is 1. The Morgan fingerprint density at radius 3 is 2.11 bits per heavy atom. The van der Waals surface area contributed by atoms with E-state index in [9.17, 15) is 47.9 Å². The largest absolute Gasteiger partial charge is 0.387 e. The molecular formula is C47H60F2N8O9. The van der Waals surface area contributed by atoms with Crippen molar-refractivity contribution >= 4 is 47.3 Å². The van der Waals surface area contributed by atoms with Crippen LogP contribution in [-0.2, 0) is 44.9 Å². The molecule has 0 fully saturated rings. The average Bonchev–Trinajstić information content (AvgIpc) is 3.81. The highest BCUT2D eigenvalue weighted by Crippen LogP contribution is 2.41. The molecule has 0 saturated carbocycles. The van der Waals surface area contributed by atoms with E-state index in [-0.39, 0.29) is 49.9 Å². The smallest absolute Gasteiger partial charge is 0.253 e. The van der Waals surface area contributed by atoms with Crippen LogP contribution in [0.15, 0.2) is 72.9 Å². The van der Waals surface area contributed by atoms with Crippen LogP contribution in [0.4, 0.5) is 8.78 Å². The van der Waals surface area contributed by atoms with E-state index in [0.29, 0.717) is 37.1 Å². The number of nitrogens with one attached hydrogen (secondary N) is 4. The van der Waals surface area contributed by atoms with Crippen LogP contribution in [-0.4, -0.2) is 111 Å². The minimum atomic E-state index is -1.44. The molecular weight excluding hydrogens is 859 g/mol. The van der Waals surface area contributed by atoms with Crippen molar-refractivity contribution < 1.29 is 52.2 Å². The van der Waals surface area contributed by atoms with Crippen LogP contribution >= 0.6 is 0 Å². The maximum absolute atomic E-state index is 15.1. The van der Waals surface area contributed by atoms with Gasteiger partial charge in [0.25, 0.3) is 11.8 Å². The summed E-state index contributed by atoms with van der Waals surface area (Å²) in [5.41, 5.74) is 6.60. The fourth-order valence-electron chi connectivity index (χ4n) is 7.56. The lowest BCUT2D eigenvalue weighted by Crippen LogP contribution is -2.56. The van der Waals surface area contributed by atoms with Crippen molar-refractivity contribution in [3.8, 4) is 11.1 Å². The van der Waals surface area contributed by atoms with Crippen LogP contribution in [0.25, 0.3) is 11.1 Å². The van der Waals surface area contributed by atoms with Crippen molar-refractivity contribution in [2.45, 2.75) is 104 Å². The third-order valence-corrected chi connectivity index (χ3v) is 10.9. The highest BCUT2D eigenvalue weighted by atomic mass is 19.1.